The standard InChI is InChI=1S/C17H26N2O2/c1-17(10-5-9-15(17)18)16(20)19-11-6-12-21-13-14-7-3-2-4-8-14/h2-4,7-8,15H,5-6,9-13,18H2,1H3,(H,19,20). The minimum absolute atomic E-state index is 0.00756. The van der Waals surface area contributed by atoms with Crippen molar-refractivity contribution in [2.75, 3.05) is 13.2 Å². The van der Waals surface area contributed by atoms with Crippen molar-refractivity contribution in [3.8, 4) is 0 Å². The van der Waals surface area contributed by atoms with Crippen LogP contribution in [0.5, 0.6) is 0 Å². The molecular weight excluding hydrogens is 264 g/mol. The van der Waals surface area contributed by atoms with Crippen LogP contribution in [0.4, 0.5) is 0 Å². The Morgan fingerprint density at radius 2 is 2.19 bits per heavy atom. The smallest absolute Gasteiger partial charge is 0.227 e. The Morgan fingerprint density at radius 3 is 2.86 bits per heavy atom. The molecule has 2 atom stereocenters. The molecule has 0 aromatic heterocycles. The van der Waals surface area contributed by atoms with E-state index in [0.29, 0.717) is 19.8 Å². The van der Waals surface area contributed by atoms with Crippen LogP contribution in [0.3, 0.4) is 0 Å². The second-order valence-corrected chi connectivity index (χ2v) is 6.06. The molecule has 0 heterocycles. The topological polar surface area (TPSA) is 64.3 Å². The summed E-state index contributed by atoms with van der Waals surface area (Å²) in [7, 11) is 0. The zero-order chi connectivity index (χ0) is 15.1. The molecule has 21 heavy (non-hydrogen) atoms. The summed E-state index contributed by atoms with van der Waals surface area (Å²) in [5.74, 6) is 0.0931. The number of rotatable bonds is 7. The van der Waals surface area contributed by atoms with Crippen LogP contribution in [-0.4, -0.2) is 25.1 Å². The number of hydrogen-bond acceptors (Lipinski definition) is 3. The summed E-state index contributed by atoms with van der Waals surface area (Å²) >= 11 is 0. The Kier molecular flexibility index (Phi) is 5.76. The zero-order valence-electron chi connectivity index (χ0n) is 12.8. The van der Waals surface area contributed by atoms with Crippen molar-refractivity contribution in [2.45, 2.75) is 45.3 Å². The van der Waals surface area contributed by atoms with E-state index in [9.17, 15) is 4.79 Å². The summed E-state index contributed by atoms with van der Waals surface area (Å²) in [4.78, 5) is 12.2. The van der Waals surface area contributed by atoms with Crippen molar-refractivity contribution < 1.29 is 9.53 Å². The van der Waals surface area contributed by atoms with Gasteiger partial charge in [-0.05, 0) is 31.7 Å². The van der Waals surface area contributed by atoms with Crippen molar-refractivity contribution in [1.82, 2.24) is 5.32 Å². The maximum absolute atomic E-state index is 12.2. The molecule has 1 aliphatic rings. The fourth-order valence-corrected chi connectivity index (χ4v) is 2.82. The first kappa shape index (κ1) is 16.0. The van der Waals surface area contributed by atoms with Gasteiger partial charge in [0, 0.05) is 19.2 Å². The quantitative estimate of drug-likeness (QED) is 0.757. The van der Waals surface area contributed by atoms with Gasteiger partial charge in [0.1, 0.15) is 0 Å². The summed E-state index contributed by atoms with van der Waals surface area (Å²) in [5.41, 5.74) is 6.83. The molecule has 0 spiro atoms. The fraction of sp³-hybridized carbons (Fsp3) is 0.588. The summed E-state index contributed by atoms with van der Waals surface area (Å²) in [5, 5.41) is 3.00. The van der Waals surface area contributed by atoms with E-state index in [1.54, 1.807) is 0 Å². The lowest BCUT2D eigenvalue weighted by Crippen LogP contribution is -2.47. The fourth-order valence-electron chi connectivity index (χ4n) is 2.82. The van der Waals surface area contributed by atoms with Crippen LogP contribution in [0.25, 0.3) is 0 Å². The van der Waals surface area contributed by atoms with Gasteiger partial charge in [0.05, 0.1) is 12.0 Å². The molecular formula is C17H26N2O2. The number of carbonyl (C=O) groups is 1. The molecule has 3 N–H and O–H groups in total. The van der Waals surface area contributed by atoms with Crippen molar-refractivity contribution >= 4 is 5.91 Å². The third kappa shape index (κ3) is 4.29. The van der Waals surface area contributed by atoms with Crippen molar-refractivity contribution in [3.05, 3.63) is 35.9 Å². The molecule has 1 aromatic rings. The third-order valence-electron chi connectivity index (χ3n) is 4.41. The number of ether oxygens (including phenoxy) is 1. The van der Waals surface area contributed by atoms with Gasteiger partial charge >= 0.3 is 0 Å². The maximum Gasteiger partial charge on any atom is 0.227 e. The van der Waals surface area contributed by atoms with Gasteiger partial charge in [-0.25, -0.2) is 0 Å². The molecule has 1 saturated carbocycles. The van der Waals surface area contributed by atoms with Gasteiger partial charge in [-0.3, -0.25) is 4.79 Å². The molecule has 0 radical (unpaired) electrons. The lowest BCUT2D eigenvalue weighted by molar-refractivity contribution is -0.130. The molecule has 0 bridgehead atoms. The lowest BCUT2D eigenvalue weighted by Gasteiger charge is -2.27. The van der Waals surface area contributed by atoms with E-state index >= 15 is 0 Å². The van der Waals surface area contributed by atoms with Crippen LogP contribution in [-0.2, 0) is 16.1 Å². The summed E-state index contributed by atoms with van der Waals surface area (Å²) < 4.78 is 5.60. The Balaban J connectivity index is 1.58. The Morgan fingerprint density at radius 1 is 1.43 bits per heavy atom. The van der Waals surface area contributed by atoms with E-state index < -0.39 is 0 Å². The summed E-state index contributed by atoms with van der Waals surface area (Å²) in [6.45, 7) is 3.90. The molecule has 1 aromatic carbocycles. The predicted octanol–water partition coefficient (Wildman–Crippen LogP) is 2.23. The summed E-state index contributed by atoms with van der Waals surface area (Å²) in [6, 6.07) is 10.1. The number of benzene rings is 1. The normalized spacial score (nSPS) is 25.0. The highest BCUT2D eigenvalue weighted by Gasteiger charge is 2.42. The van der Waals surface area contributed by atoms with E-state index in [0.717, 1.165) is 25.7 Å². The van der Waals surface area contributed by atoms with E-state index in [2.05, 4.69) is 5.32 Å². The SMILES string of the molecule is CC1(C(=O)NCCCOCc2ccccc2)CCCC1N. The molecule has 4 heteroatoms. The van der Waals surface area contributed by atoms with Crippen LogP contribution in [0.1, 0.15) is 38.2 Å². The first-order valence-electron chi connectivity index (χ1n) is 7.78. The maximum atomic E-state index is 12.2. The Hall–Kier alpha value is -1.39. The van der Waals surface area contributed by atoms with Gasteiger partial charge in [0.15, 0.2) is 0 Å². The lowest BCUT2D eigenvalue weighted by atomic mass is 9.84. The number of amides is 1. The molecule has 0 aliphatic heterocycles. The Labute approximate surface area is 127 Å². The van der Waals surface area contributed by atoms with E-state index in [1.165, 1.54) is 5.56 Å². The molecule has 2 rings (SSSR count). The highest BCUT2D eigenvalue weighted by molar-refractivity contribution is 5.83. The largest absolute Gasteiger partial charge is 0.377 e. The Bertz CT molecular complexity index is 449. The second kappa shape index (κ2) is 7.57. The van der Waals surface area contributed by atoms with Gasteiger partial charge in [-0.1, -0.05) is 36.8 Å². The highest BCUT2D eigenvalue weighted by Crippen LogP contribution is 2.36. The number of carbonyl (C=O) groups excluding carboxylic acids is 1. The predicted molar refractivity (Wildman–Crippen MR) is 83.7 cm³/mol. The van der Waals surface area contributed by atoms with Gasteiger partial charge in [-0.2, -0.15) is 0 Å². The molecule has 1 amide bonds. The van der Waals surface area contributed by atoms with Crippen LogP contribution >= 0.6 is 0 Å². The van der Waals surface area contributed by atoms with E-state index in [-0.39, 0.29) is 17.4 Å². The minimum atomic E-state index is -0.384. The molecule has 4 nitrogen and oxygen atoms in total. The minimum Gasteiger partial charge on any atom is -0.377 e. The number of nitrogens with two attached hydrogens (primary N) is 1. The van der Waals surface area contributed by atoms with Crippen LogP contribution in [0.2, 0.25) is 0 Å². The van der Waals surface area contributed by atoms with Gasteiger partial charge in [-0.15, -0.1) is 0 Å². The summed E-state index contributed by atoms with van der Waals surface area (Å²) in [6.07, 6.45) is 3.71. The van der Waals surface area contributed by atoms with Crippen molar-refractivity contribution in [2.24, 2.45) is 11.1 Å². The van der Waals surface area contributed by atoms with Gasteiger partial charge in [0.25, 0.3) is 0 Å². The molecule has 1 fully saturated rings. The molecule has 116 valence electrons. The van der Waals surface area contributed by atoms with Crippen molar-refractivity contribution in [1.29, 1.82) is 0 Å². The highest BCUT2D eigenvalue weighted by atomic mass is 16.5. The van der Waals surface area contributed by atoms with E-state index in [4.69, 9.17) is 10.5 Å². The molecule has 2 unspecified atom stereocenters. The first-order chi connectivity index (χ1) is 10.1. The number of nitrogens with one attached hydrogen (secondary N) is 1. The average Bonchev–Trinajstić information content (AvgIpc) is 2.84. The van der Waals surface area contributed by atoms with Crippen LogP contribution in [0.15, 0.2) is 30.3 Å². The third-order valence-corrected chi connectivity index (χ3v) is 4.41. The molecule has 1 aliphatic carbocycles. The second-order valence-electron chi connectivity index (χ2n) is 6.06. The average molecular weight is 290 g/mol. The molecule has 0 saturated heterocycles. The van der Waals surface area contributed by atoms with Gasteiger partial charge < -0.3 is 15.8 Å². The van der Waals surface area contributed by atoms with E-state index in [1.807, 2.05) is 37.3 Å². The zero-order valence-corrected chi connectivity index (χ0v) is 12.8. The van der Waals surface area contributed by atoms with Crippen molar-refractivity contribution in [3.63, 3.8) is 0 Å². The van der Waals surface area contributed by atoms with Crippen LogP contribution in [0, 0.1) is 5.41 Å². The van der Waals surface area contributed by atoms with Gasteiger partial charge in [0.2, 0.25) is 5.91 Å². The number of hydrogen-bond donors (Lipinski definition) is 2. The van der Waals surface area contributed by atoms with Crippen LogP contribution < -0.4 is 11.1 Å². The monoisotopic (exact) mass is 290 g/mol. The first-order valence-corrected chi connectivity index (χ1v) is 7.78.